The van der Waals surface area contributed by atoms with E-state index in [-0.39, 0.29) is 44.6 Å². The lowest BCUT2D eigenvalue weighted by Crippen LogP contribution is -2.57. The Hall–Kier alpha value is -2.62. The number of ether oxygens (including phenoxy) is 2. The Bertz CT molecular complexity index is 729. The average Bonchev–Trinajstić information content (AvgIpc) is 3.45. The van der Waals surface area contributed by atoms with Gasteiger partial charge in [0.2, 0.25) is 5.91 Å². The Labute approximate surface area is 201 Å². The molecule has 0 aromatic carbocycles. The number of piperazine rings is 1. The number of esters is 1. The van der Waals surface area contributed by atoms with Crippen LogP contribution in [0.5, 0.6) is 0 Å². The molecule has 1 saturated carbocycles. The number of carbonyl (C=O) groups excluding carboxylic acids is 3. The second-order valence-electron chi connectivity index (χ2n) is 9.08. The molecule has 34 heavy (non-hydrogen) atoms. The number of alkyl carbamates (subject to hydrolysis) is 1. The van der Waals surface area contributed by atoms with Gasteiger partial charge in [-0.1, -0.05) is 25.8 Å². The van der Waals surface area contributed by atoms with E-state index in [2.05, 4.69) is 18.8 Å². The molecule has 0 bridgehead atoms. The van der Waals surface area contributed by atoms with Crippen molar-refractivity contribution in [1.29, 1.82) is 0 Å². The van der Waals surface area contributed by atoms with Crippen LogP contribution in [-0.2, 0) is 23.9 Å². The molecule has 10 heteroatoms. The van der Waals surface area contributed by atoms with Gasteiger partial charge >= 0.3 is 18.0 Å². The summed E-state index contributed by atoms with van der Waals surface area (Å²) in [5.41, 5.74) is 0. The van der Waals surface area contributed by atoms with Gasteiger partial charge in [-0.25, -0.2) is 4.79 Å². The highest BCUT2D eigenvalue weighted by Gasteiger charge is 2.48. The molecule has 1 unspecified atom stereocenters. The highest BCUT2D eigenvalue weighted by molar-refractivity contribution is 5.77. The van der Waals surface area contributed by atoms with Crippen molar-refractivity contribution < 1.29 is 33.8 Å². The fourth-order valence-electron chi connectivity index (χ4n) is 4.80. The standard InChI is InChI=1S/C24H39N3O7/c1-4-6-8-20-19(7-5-2)21(20)16-34-24(32)25-10-9-22(29)27-12-11-26(14-23(30)31)18(13-27)15-33-17(3)28/h4,18-21H,1,5-16H2,2-3H3,(H,25,32)(H,30,31)/t18?,19-,20+,21-/m1/s1. The summed E-state index contributed by atoms with van der Waals surface area (Å²) >= 11 is 0. The van der Waals surface area contributed by atoms with E-state index >= 15 is 0 Å². The van der Waals surface area contributed by atoms with E-state index in [0.717, 1.165) is 25.7 Å². The van der Waals surface area contributed by atoms with Crippen molar-refractivity contribution in [2.75, 3.05) is 45.9 Å². The van der Waals surface area contributed by atoms with Gasteiger partial charge in [0, 0.05) is 39.5 Å². The largest absolute Gasteiger partial charge is 0.480 e. The highest BCUT2D eigenvalue weighted by Crippen LogP contribution is 2.52. The number of rotatable bonds is 14. The van der Waals surface area contributed by atoms with E-state index in [1.807, 2.05) is 6.08 Å². The van der Waals surface area contributed by atoms with Crippen molar-refractivity contribution in [3.63, 3.8) is 0 Å². The lowest BCUT2D eigenvalue weighted by atomic mass is 10.1. The van der Waals surface area contributed by atoms with Crippen molar-refractivity contribution >= 4 is 23.9 Å². The zero-order valence-electron chi connectivity index (χ0n) is 20.4. The Morgan fingerprint density at radius 1 is 1.09 bits per heavy atom. The second-order valence-corrected chi connectivity index (χ2v) is 9.08. The first-order chi connectivity index (χ1) is 16.3. The molecular weight excluding hydrogens is 442 g/mol. The lowest BCUT2D eigenvalue weighted by Gasteiger charge is -2.40. The van der Waals surface area contributed by atoms with Crippen LogP contribution in [0.25, 0.3) is 0 Å². The minimum absolute atomic E-state index is 0.0188. The van der Waals surface area contributed by atoms with Crippen molar-refractivity contribution in [2.45, 2.75) is 52.0 Å². The molecule has 2 N–H and O–H groups in total. The first-order valence-corrected chi connectivity index (χ1v) is 12.1. The third kappa shape index (κ3) is 8.96. The first-order valence-electron chi connectivity index (χ1n) is 12.1. The molecule has 0 radical (unpaired) electrons. The summed E-state index contributed by atoms with van der Waals surface area (Å²) in [4.78, 5) is 50.3. The van der Waals surface area contributed by atoms with Crippen LogP contribution in [0, 0.1) is 17.8 Å². The van der Waals surface area contributed by atoms with E-state index in [9.17, 15) is 19.2 Å². The monoisotopic (exact) mass is 481 g/mol. The van der Waals surface area contributed by atoms with Gasteiger partial charge in [-0.05, 0) is 30.6 Å². The van der Waals surface area contributed by atoms with Gasteiger partial charge in [-0.3, -0.25) is 19.3 Å². The molecule has 1 aliphatic heterocycles. The number of hydrogen-bond acceptors (Lipinski definition) is 7. The molecule has 1 aliphatic carbocycles. The first kappa shape index (κ1) is 27.6. The Kier molecular flexibility index (Phi) is 11.3. The van der Waals surface area contributed by atoms with Crippen LogP contribution < -0.4 is 5.32 Å². The summed E-state index contributed by atoms with van der Waals surface area (Å²) < 4.78 is 10.4. The summed E-state index contributed by atoms with van der Waals surface area (Å²) in [6.45, 7) is 8.61. The minimum Gasteiger partial charge on any atom is -0.480 e. The fourth-order valence-corrected chi connectivity index (χ4v) is 4.80. The zero-order valence-corrected chi connectivity index (χ0v) is 20.4. The third-order valence-electron chi connectivity index (χ3n) is 6.62. The molecule has 1 heterocycles. The summed E-state index contributed by atoms with van der Waals surface area (Å²) in [5.74, 6) is 0.0163. The summed E-state index contributed by atoms with van der Waals surface area (Å²) in [7, 11) is 0. The lowest BCUT2D eigenvalue weighted by molar-refractivity contribution is -0.146. The normalized spacial score (nSPS) is 24.2. The van der Waals surface area contributed by atoms with Gasteiger partial charge in [0.15, 0.2) is 0 Å². The van der Waals surface area contributed by atoms with Crippen molar-refractivity contribution in [3.8, 4) is 0 Å². The molecule has 192 valence electrons. The van der Waals surface area contributed by atoms with Crippen LogP contribution in [0.3, 0.4) is 0 Å². The molecule has 4 atom stereocenters. The predicted molar refractivity (Wildman–Crippen MR) is 125 cm³/mol. The molecule has 2 aliphatic rings. The van der Waals surface area contributed by atoms with Gasteiger partial charge in [-0.15, -0.1) is 6.58 Å². The van der Waals surface area contributed by atoms with Gasteiger partial charge in [0.1, 0.15) is 6.61 Å². The number of carboxylic acid groups (broad SMARTS) is 1. The average molecular weight is 482 g/mol. The SMILES string of the molecule is C=CCC[C@H]1[C@@H](CCC)[C@H]1COC(=O)NCCC(=O)N1CCN(CC(=O)O)C(COC(C)=O)C1. The molecule has 0 spiro atoms. The van der Waals surface area contributed by atoms with Gasteiger partial charge in [-0.2, -0.15) is 0 Å². The van der Waals surface area contributed by atoms with Crippen LogP contribution in [-0.4, -0.2) is 90.8 Å². The second kappa shape index (κ2) is 13.9. The minimum atomic E-state index is -0.977. The van der Waals surface area contributed by atoms with Gasteiger partial charge in [0.25, 0.3) is 0 Å². The summed E-state index contributed by atoms with van der Waals surface area (Å²) in [6.07, 6.45) is 5.83. The van der Waals surface area contributed by atoms with Crippen molar-refractivity contribution in [3.05, 3.63) is 12.7 Å². The van der Waals surface area contributed by atoms with Crippen LogP contribution in [0.4, 0.5) is 4.79 Å². The maximum absolute atomic E-state index is 12.6. The number of nitrogens with zero attached hydrogens (tertiary/aromatic N) is 2. The number of aliphatic carboxylic acids is 1. The van der Waals surface area contributed by atoms with E-state index in [4.69, 9.17) is 14.6 Å². The topological polar surface area (TPSA) is 125 Å². The van der Waals surface area contributed by atoms with E-state index in [1.165, 1.54) is 6.92 Å². The number of hydrogen-bond donors (Lipinski definition) is 2. The fraction of sp³-hybridized carbons (Fsp3) is 0.750. The Balaban J connectivity index is 1.71. The number of allylic oxidation sites excluding steroid dienone is 1. The van der Waals surface area contributed by atoms with Crippen molar-refractivity contribution in [2.24, 2.45) is 17.8 Å². The Morgan fingerprint density at radius 3 is 2.47 bits per heavy atom. The molecule has 1 saturated heterocycles. The smallest absolute Gasteiger partial charge is 0.407 e. The zero-order chi connectivity index (χ0) is 25.1. The molecule has 2 amide bonds. The number of nitrogens with one attached hydrogen (secondary N) is 1. The molecular formula is C24H39N3O7. The number of carboxylic acids is 1. The Morgan fingerprint density at radius 2 is 1.82 bits per heavy atom. The third-order valence-corrected chi connectivity index (χ3v) is 6.62. The number of carbonyl (C=O) groups is 4. The summed E-state index contributed by atoms with van der Waals surface area (Å²) in [6, 6.07) is -0.390. The molecule has 2 rings (SSSR count). The quantitative estimate of drug-likeness (QED) is 0.285. The molecule has 10 nitrogen and oxygen atoms in total. The van der Waals surface area contributed by atoms with E-state index in [0.29, 0.717) is 37.5 Å². The maximum atomic E-state index is 12.6. The van der Waals surface area contributed by atoms with Crippen LogP contribution in [0.1, 0.15) is 46.0 Å². The summed E-state index contributed by atoms with van der Waals surface area (Å²) in [5, 5.41) is 11.7. The van der Waals surface area contributed by atoms with E-state index in [1.54, 1.807) is 9.80 Å². The highest BCUT2D eigenvalue weighted by atomic mass is 16.5. The number of amides is 2. The molecule has 0 aromatic rings. The van der Waals surface area contributed by atoms with Crippen LogP contribution >= 0.6 is 0 Å². The van der Waals surface area contributed by atoms with Crippen LogP contribution in [0.15, 0.2) is 12.7 Å². The molecule has 0 aromatic heterocycles. The molecule has 2 fully saturated rings. The van der Waals surface area contributed by atoms with Gasteiger partial charge in [0.05, 0.1) is 19.2 Å². The van der Waals surface area contributed by atoms with Crippen LogP contribution in [0.2, 0.25) is 0 Å². The van der Waals surface area contributed by atoms with Gasteiger partial charge < -0.3 is 24.8 Å². The van der Waals surface area contributed by atoms with E-state index < -0.39 is 18.0 Å². The maximum Gasteiger partial charge on any atom is 0.407 e. The predicted octanol–water partition coefficient (Wildman–Crippen LogP) is 1.89. The van der Waals surface area contributed by atoms with Crippen molar-refractivity contribution in [1.82, 2.24) is 15.1 Å².